The van der Waals surface area contributed by atoms with Gasteiger partial charge in [0.25, 0.3) is 0 Å². The molecule has 0 bridgehead atoms. The molecule has 0 aliphatic rings. The maximum atomic E-state index is 12.4. The van der Waals surface area contributed by atoms with Gasteiger partial charge >= 0.3 is 0 Å². The molecule has 0 unspecified atom stereocenters. The highest BCUT2D eigenvalue weighted by atomic mass is 32.1. The molecule has 3 heteroatoms. The maximum absolute atomic E-state index is 12.4. The minimum absolute atomic E-state index is 0.0659. The molecule has 20 heavy (non-hydrogen) atoms. The lowest BCUT2D eigenvalue weighted by Crippen LogP contribution is -2.44. The third-order valence-electron chi connectivity index (χ3n) is 3.43. The number of hydrogen-bond acceptors (Lipinski definition) is 3. The van der Waals surface area contributed by atoms with Gasteiger partial charge in [0.15, 0.2) is 5.78 Å². The quantitative estimate of drug-likeness (QED) is 0.869. The molecule has 108 valence electrons. The largest absolute Gasteiger partial charge is 0.305 e. The normalized spacial score (nSPS) is 13.3. The van der Waals surface area contributed by atoms with Gasteiger partial charge in [-0.1, -0.05) is 45.9 Å². The second kappa shape index (κ2) is 6.51. The number of nitrogens with one attached hydrogen (secondary N) is 1. The van der Waals surface area contributed by atoms with Gasteiger partial charge in [-0.2, -0.15) is 0 Å². The number of benzene rings is 1. The van der Waals surface area contributed by atoms with Crippen LogP contribution in [0.25, 0.3) is 10.1 Å². The summed E-state index contributed by atoms with van der Waals surface area (Å²) in [5.41, 5.74) is 1.28. The van der Waals surface area contributed by atoms with Crippen LogP contribution in [0.2, 0.25) is 0 Å². The standard InChI is InChI=1S/C17H23NOS/c1-11(2)17(19)15(18-12(3)4)9-13-10-20-16-8-6-5-7-14(13)16/h5-8,10-12,15,18H,9H2,1-4H3/t15-/m0/s1. The zero-order chi connectivity index (χ0) is 14.7. The fraction of sp³-hybridized carbons (Fsp3) is 0.471. The highest BCUT2D eigenvalue weighted by Gasteiger charge is 2.23. The average Bonchev–Trinajstić information content (AvgIpc) is 2.80. The lowest BCUT2D eigenvalue weighted by molar-refractivity contribution is -0.124. The molecule has 0 amide bonds. The van der Waals surface area contributed by atoms with E-state index >= 15 is 0 Å². The first-order valence-electron chi connectivity index (χ1n) is 7.24. The topological polar surface area (TPSA) is 29.1 Å². The summed E-state index contributed by atoms with van der Waals surface area (Å²) in [7, 11) is 0. The van der Waals surface area contributed by atoms with E-state index in [0.717, 1.165) is 6.42 Å². The van der Waals surface area contributed by atoms with Crippen molar-refractivity contribution < 1.29 is 4.79 Å². The van der Waals surface area contributed by atoms with Crippen LogP contribution in [0.4, 0.5) is 0 Å². The van der Waals surface area contributed by atoms with Crippen LogP contribution >= 0.6 is 11.3 Å². The summed E-state index contributed by atoms with van der Waals surface area (Å²) in [4.78, 5) is 12.4. The van der Waals surface area contributed by atoms with Crippen LogP contribution < -0.4 is 5.32 Å². The molecule has 0 aliphatic carbocycles. The van der Waals surface area contributed by atoms with Gasteiger partial charge in [-0.3, -0.25) is 4.79 Å². The van der Waals surface area contributed by atoms with E-state index < -0.39 is 0 Å². The highest BCUT2D eigenvalue weighted by Crippen LogP contribution is 2.27. The van der Waals surface area contributed by atoms with Crippen molar-refractivity contribution in [1.29, 1.82) is 0 Å². The van der Waals surface area contributed by atoms with Crippen LogP contribution in [-0.2, 0) is 11.2 Å². The van der Waals surface area contributed by atoms with E-state index in [0.29, 0.717) is 11.8 Å². The molecule has 2 aromatic rings. The zero-order valence-electron chi connectivity index (χ0n) is 12.6. The summed E-state index contributed by atoms with van der Waals surface area (Å²) in [5, 5.41) is 6.89. The number of ketones is 1. The summed E-state index contributed by atoms with van der Waals surface area (Å²) in [6.45, 7) is 8.13. The first-order valence-corrected chi connectivity index (χ1v) is 8.12. The Balaban J connectivity index is 2.25. The fourth-order valence-corrected chi connectivity index (χ4v) is 3.43. The van der Waals surface area contributed by atoms with Gasteiger partial charge in [-0.05, 0) is 28.8 Å². The Morgan fingerprint density at radius 3 is 2.55 bits per heavy atom. The molecule has 0 spiro atoms. The molecule has 0 saturated carbocycles. The Morgan fingerprint density at radius 2 is 1.90 bits per heavy atom. The third-order valence-corrected chi connectivity index (χ3v) is 4.44. The van der Waals surface area contributed by atoms with Crippen molar-refractivity contribution in [3.05, 3.63) is 35.2 Å². The first kappa shape index (κ1) is 15.2. The van der Waals surface area contributed by atoms with Crippen LogP contribution in [-0.4, -0.2) is 17.9 Å². The minimum Gasteiger partial charge on any atom is -0.305 e. The van der Waals surface area contributed by atoms with Crippen molar-refractivity contribution in [3.63, 3.8) is 0 Å². The van der Waals surface area contributed by atoms with Crippen LogP contribution in [0.3, 0.4) is 0 Å². The van der Waals surface area contributed by atoms with E-state index in [1.807, 2.05) is 13.8 Å². The SMILES string of the molecule is CC(C)N[C@@H](Cc1csc2ccccc12)C(=O)C(C)C. The van der Waals surface area contributed by atoms with Crippen molar-refractivity contribution >= 4 is 27.2 Å². The smallest absolute Gasteiger partial charge is 0.152 e. The summed E-state index contributed by atoms with van der Waals surface area (Å²) in [5.74, 6) is 0.366. The van der Waals surface area contributed by atoms with E-state index in [-0.39, 0.29) is 12.0 Å². The number of thiophene rings is 1. The lowest BCUT2D eigenvalue weighted by Gasteiger charge is -2.21. The van der Waals surface area contributed by atoms with Crippen LogP contribution in [0.15, 0.2) is 29.6 Å². The Hall–Kier alpha value is -1.19. The molecule has 1 aromatic carbocycles. The van der Waals surface area contributed by atoms with E-state index in [1.54, 1.807) is 11.3 Å². The van der Waals surface area contributed by atoms with Crippen molar-refractivity contribution in [2.24, 2.45) is 5.92 Å². The summed E-state index contributed by atoms with van der Waals surface area (Å²) >= 11 is 1.76. The van der Waals surface area contributed by atoms with Gasteiger partial charge in [0, 0.05) is 16.7 Å². The predicted octanol–water partition coefficient (Wildman–Crippen LogP) is 4.04. The van der Waals surface area contributed by atoms with E-state index in [9.17, 15) is 4.79 Å². The van der Waals surface area contributed by atoms with Crippen molar-refractivity contribution in [2.75, 3.05) is 0 Å². The Kier molecular flexibility index (Phi) is 4.95. The number of rotatable bonds is 6. The number of carbonyl (C=O) groups is 1. The molecule has 1 atom stereocenters. The second-order valence-corrected chi connectivity index (χ2v) is 6.80. The van der Waals surface area contributed by atoms with E-state index in [4.69, 9.17) is 0 Å². The van der Waals surface area contributed by atoms with Gasteiger partial charge < -0.3 is 5.32 Å². The minimum atomic E-state index is -0.0898. The van der Waals surface area contributed by atoms with Gasteiger partial charge in [0.2, 0.25) is 0 Å². The monoisotopic (exact) mass is 289 g/mol. The summed E-state index contributed by atoms with van der Waals surface area (Å²) in [6, 6.07) is 8.63. The second-order valence-electron chi connectivity index (χ2n) is 5.89. The molecule has 1 heterocycles. The molecule has 2 nitrogen and oxygen atoms in total. The summed E-state index contributed by atoms with van der Waals surface area (Å²) in [6.07, 6.45) is 0.777. The molecular formula is C17H23NOS. The molecule has 0 fully saturated rings. The van der Waals surface area contributed by atoms with Crippen molar-refractivity contribution in [1.82, 2.24) is 5.32 Å². The average molecular weight is 289 g/mol. The number of Topliss-reactive ketones (excluding diaryl/α,β-unsaturated/α-hetero) is 1. The number of hydrogen-bond donors (Lipinski definition) is 1. The molecule has 0 saturated heterocycles. The number of fused-ring (bicyclic) bond motifs is 1. The molecule has 1 aromatic heterocycles. The van der Waals surface area contributed by atoms with Crippen molar-refractivity contribution in [3.8, 4) is 0 Å². The Labute approximate surface area is 125 Å². The first-order chi connectivity index (χ1) is 9.49. The Bertz CT molecular complexity index is 585. The lowest BCUT2D eigenvalue weighted by atomic mass is 9.95. The predicted molar refractivity (Wildman–Crippen MR) is 87.4 cm³/mol. The molecule has 1 N–H and O–H groups in total. The molecule has 0 radical (unpaired) electrons. The molecule has 2 rings (SSSR count). The number of carbonyl (C=O) groups excluding carboxylic acids is 1. The fourth-order valence-electron chi connectivity index (χ4n) is 2.46. The van der Waals surface area contributed by atoms with E-state index in [1.165, 1.54) is 15.6 Å². The molecule has 0 aliphatic heterocycles. The van der Waals surface area contributed by atoms with Crippen LogP contribution in [0.5, 0.6) is 0 Å². The van der Waals surface area contributed by atoms with Crippen LogP contribution in [0, 0.1) is 5.92 Å². The Morgan fingerprint density at radius 1 is 1.20 bits per heavy atom. The van der Waals surface area contributed by atoms with E-state index in [2.05, 4.69) is 48.8 Å². The van der Waals surface area contributed by atoms with Gasteiger partial charge in [0.1, 0.15) is 0 Å². The molecular weight excluding hydrogens is 266 g/mol. The van der Waals surface area contributed by atoms with Gasteiger partial charge in [-0.15, -0.1) is 11.3 Å². The summed E-state index contributed by atoms with van der Waals surface area (Å²) < 4.78 is 1.29. The van der Waals surface area contributed by atoms with Gasteiger partial charge in [0.05, 0.1) is 6.04 Å². The van der Waals surface area contributed by atoms with Gasteiger partial charge in [-0.25, -0.2) is 0 Å². The highest BCUT2D eigenvalue weighted by molar-refractivity contribution is 7.17. The van der Waals surface area contributed by atoms with Crippen LogP contribution in [0.1, 0.15) is 33.3 Å². The maximum Gasteiger partial charge on any atom is 0.152 e. The zero-order valence-corrected chi connectivity index (χ0v) is 13.5. The third kappa shape index (κ3) is 3.47. The van der Waals surface area contributed by atoms with Crippen molar-refractivity contribution in [2.45, 2.75) is 46.2 Å².